The molecule has 2 unspecified atom stereocenters. The van der Waals surface area contributed by atoms with Crippen LogP contribution in [0.5, 0.6) is 0 Å². The summed E-state index contributed by atoms with van der Waals surface area (Å²) in [5, 5.41) is 3.47. The fourth-order valence-corrected chi connectivity index (χ4v) is 2.73. The summed E-state index contributed by atoms with van der Waals surface area (Å²) >= 11 is 0. The molecule has 0 spiro atoms. The van der Waals surface area contributed by atoms with E-state index >= 15 is 0 Å². The maximum absolute atomic E-state index is 12.0. The molecular formula is C12H22N2O2. The van der Waals surface area contributed by atoms with E-state index in [1.807, 2.05) is 25.7 Å². The van der Waals surface area contributed by atoms with Gasteiger partial charge in [-0.25, -0.2) is 4.79 Å². The summed E-state index contributed by atoms with van der Waals surface area (Å²) in [6.07, 6.45) is 1.00. The first kappa shape index (κ1) is 11.7. The van der Waals surface area contributed by atoms with E-state index in [1.165, 1.54) is 6.42 Å². The molecule has 16 heavy (non-hydrogen) atoms. The van der Waals surface area contributed by atoms with Crippen LogP contribution in [-0.2, 0) is 4.74 Å². The maximum Gasteiger partial charge on any atom is 0.410 e. The number of likely N-dealkylation sites (tertiary alicyclic amines) is 1. The molecule has 92 valence electrons. The maximum atomic E-state index is 12.0. The van der Waals surface area contributed by atoms with Gasteiger partial charge < -0.3 is 15.0 Å². The van der Waals surface area contributed by atoms with Gasteiger partial charge in [-0.3, -0.25) is 0 Å². The molecule has 1 amide bonds. The molecule has 4 heteroatoms. The molecule has 0 radical (unpaired) electrons. The number of ether oxygens (including phenoxy) is 1. The van der Waals surface area contributed by atoms with Gasteiger partial charge in [0.15, 0.2) is 0 Å². The number of nitrogens with zero attached hydrogens (tertiary/aromatic N) is 1. The van der Waals surface area contributed by atoms with Crippen LogP contribution in [0.15, 0.2) is 0 Å². The van der Waals surface area contributed by atoms with E-state index in [0.717, 1.165) is 13.1 Å². The molecule has 4 nitrogen and oxygen atoms in total. The number of fused-ring (bicyclic) bond motifs is 1. The lowest BCUT2D eigenvalue weighted by atomic mass is 10.0. The SMILES string of the molecule is C[C@H]1C2NCCC2CN1C(=O)OC(C)(C)C. The van der Waals surface area contributed by atoms with Crippen molar-refractivity contribution >= 4 is 6.09 Å². The van der Waals surface area contributed by atoms with Gasteiger partial charge in [0, 0.05) is 18.6 Å². The first-order chi connectivity index (χ1) is 7.38. The quantitative estimate of drug-likeness (QED) is 0.682. The Hall–Kier alpha value is -0.770. The fourth-order valence-electron chi connectivity index (χ4n) is 2.73. The van der Waals surface area contributed by atoms with Gasteiger partial charge in [-0.1, -0.05) is 0 Å². The van der Waals surface area contributed by atoms with E-state index in [4.69, 9.17) is 4.74 Å². The molecule has 3 atom stereocenters. The van der Waals surface area contributed by atoms with Gasteiger partial charge in [0.25, 0.3) is 0 Å². The molecule has 2 rings (SSSR count). The highest BCUT2D eigenvalue weighted by Crippen LogP contribution is 2.30. The zero-order valence-electron chi connectivity index (χ0n) is 10.6. The highest BCUT2D eigenvalue weighted by atomic mass is 16.6. The molecule has 2 heterocycles. The Morgan fingerprint density at radius 2 is 2.12 bits per heavy atom. The summed E-state index contributed by atoms with van der Waals surface area (Å²) in [6.45, 7) is 9.75. The predicted molar refractivity (Wildman–Crippen MR) is 62.3 cm³/mol. The van der Waals surface area contributed by atoms with E-state index in [2.05, 4.69) is 12.2 Å². The lowest BCUT2D eigenvalue weighted by Crippen LogP contribution is -2.44. The van der Waals surface area contributed by atoms with Crippen LogP contribution < -0.4 is 5.32 Å². The van der Waals surface area contributed by atoms with Crippen molar-refractivity contribution in [2.45, 2.75) is 51.8 Å². The fraction of sp³-hybridized carbons (Fsp3) is 0.917. The van der Waals surface area contributed by atoms with Crippen LogP contribution in [0.4, 0.5) is 4.79 Å². The second-order valence-electron chi connectivity index (χ2n) is 5.90. The lowest BCUT2D eigenvalue weighted by Gasteiger charge is -2.28. The van der Waals surface area contributed by atoms with Crippen molar-refractivity contribution < 1.29 is 9.53 Å². The highest BCUT2D eigenvalue weighted by Gasteiger charge is 2.44. The van der Waals surface area contributed by atoms with Gasteiger partial charge in [-0.2, -0.15) is 0 Å². The molecule has 0 aliphatic carbocycles. The van der Waals surface area contributed by atoms with Crippen LogP contribution >= 0.6 is 0 Å². The van der Waals surface area contributed by atoms with Crippen molar-refractivity contribution in [2.24, 2.45) is 5.92 Å². The second kappa shape index (κ2) is 3.91. The number of carbonyl (C=O) groups excluding carboxylic acids is 1. The minimum absolute atomic E-state index is 0.170. The average molecular weight is 226 g/mol. The summed E-state index contributed by atoms with van der Waals surface area (Å²) < 4.78 is 5.42. The summed E-state index contributed by atoms with van der Waals surface area (Å²) in [5.74, 6) is 0.613. The Labute approximate surface area is 97.3 Å². The molecule has 2 aliphatic heterocycles. The Morgan fingerprint density at radius 1 is 1.44 bits per heavy atom. The lowest BCUT2D eigenvalue weighted by molar-refractivity contribution is 0.0223. The van der Waals surface area contributed by atoms with E-state index in [0.29, 0.717) is 12.0 Å². The van der Waals surface area contributed by atoms with Crippen molar-refractivity contribution in [3.05, 3.63) is 0 Å². The van der Waals surface area contributed by atoms with E-state index in [1.54, 1.807) is 0 Å². The molecular weight excluding hydrogens is 204 g/mol. The number of nitrogens with one attached hydrogen (secondary N) is 1. The van der Waals surface area contributed by atoms with Gasteiger partial charge in [0.05, 0.1) is 0 Å². The van der Waals surface area contributed by atoms with E-state index < -0.39 is 5.60 Å². The van der Waals surface area contributed by atoms with Crippen LogP contribution in [0.2, 0.25) is 0 Å². The zero-order chi connectivity index (χ0) is 11.9. The van der Waals surface area contributed by atoms with Gasteiger partial charge in [0.2, 0.25) is 0 Å². The minimum atomic E-state index is -0.401. The molecule has 0 aromatic rings. The van der Waals surface area contributed by atoms with Crippen molar-refractivity contribution in [1.82, 2.24) is 10.2 Å². The topological polar surface area (TPSA) is 41.6 Å². The number of carbonyl (C=O) groups is 1. The summed E-state index contributed by atoms with van der Waals surface area (Å²) in [4.78, 5) is 13.8. The summed E-state index contributed by atoms with van der Waals surface area (Å²) in [6, 6.07) is 0.717. The Morgan fingerprint density at radius 3 is 2.69 bits per heavy atom. The Kier molecular flexibility index (Phi) is 2.86. The molecule has 2 fully saturated rings. The molecule has 0 aromatic carbocycles. The largest absolute Gasteiger partial charge is 0.444 e. The van der Waals surface area contributed by atoms with Crippen LogP contribution in [0.25, 0.3) is 0 Å². The number of hydrogen-bond acceptors (Lipinski definition) is 3. The highest BCUT2D eigenvalue weighted by molar-refractivity contribution is 5.69. The van der Waals surface area contributed by atoms with Gasteiger partial charge in [-0.15, -0.1) is 0 Å². The summed E-state index contributed by atoms with van der Waals surface area (Å²) in [5.41, 5.74) is -0.401. The minimum Gasteiger partial charge on any atom is -0.444 e. The first-order valence-electron chi connectivity index (χ1n) is 6.11. The van der Waals surface area contributed by atoms with E-state index in [-0.39, 0.29) is 12.1 Å². The molecule has 1 N–H and O–H groups in total. The molecule has 2 saturated heterocycles. The standard InChI is InChI=1S/C12H22N2O2/c1-8-10-9(5-6-13-10)7-14(8)11(15)16-12(2,3)4/h8-10,13H,5-7H2,1-4H3/t8-,9?,10?/m0/s1. The molecule has 0 aromatic heterocycles. The number of amides is 1. The number of hydrogen-bond donors (Lipinski definition) is 1. The third-order valence-electron chi connectivity index (χ3n) is 3.47. The van der Waals surface area contributed by atoms with Crippen molar-refractivity contribution in [3.8, 4) is 0 Å². The van der Waals surface area contributed by atoms with Crippen molar-refractivity contribution in [2.75, 3.05) is 13.1 Å². The third-order valence-corrected chi connectivity index (χ3v) is 3.47. The van der Waals surface area contributed by atoms with Crippen LogP contribution in [0.3, 0.4) is 0 Å². The average Bonchev–Trinajstić information content (AvgIpc) is 2.66. The van der Waals surface area contributed by atoms with E-state index in [9.17, 15) is 4.79 Å². The van der Waals surface area contributed by atoms with Gasteiger partial charge >= 0.3 is 6.09 Å². The van der Waals surface area contributed by atoms with Crippen molar-refractivity contribution in [1.29, 1.82) is 0 Å². The number of rotatable bonds is 0. The van der Waals surface area contributed by atoms with Gasteiger partial charge in [0.1, 0.15) is 5.60 Å². The normalized spacial score (nSPS) is 34.0. The smallest absolute Gasteiger partial charge is 0.410 e. The van der Waals surface area contributed by atoms with Crippen LogP contribution in [0.1, 0.15) is 34.1 Å². The van der Waals surface area contributed by atoms with Crippen LogP contribution in [-0.4, -0.2) is 41.8 Å². The van der Waals surface area contributed by atoms with Crippen LogP contribution in [0, 0.1) is 5.92 Å². The Bertz CT molecular complexity index is 285. The first-order valence-corrected chi connectivity index (χ1v) is 6.11. The third kappa shape index (κ3) is 2.17. The Balaban J connectivity index is 1.99. The molecule has 0 saturated carbocycles. The summed E-state index contributed by atoms with van der Waals surface area (Å²) in [7, 11) is 0. The monoisotopic (exact) mass is 226 g/mol. The van der Waals surface area contributed by atoms with Gasteiger partial charge in [-0.05, 0) is 46.6 Å². The molecule has 0 bridgehead atoms. The molecule has 2 aliphatic rings. The second-order valence-corrected chi connectivity index (χ2v) is 5.90. The van der Waals surface area contributed by atoms with Crippen molar-refractivity contribution in [3.63, 3.8) is 0 Å². The predicted octanol–water partition coefficient (Wildman–Crippen LogP) is 1.60. The zero-order valence-corrected chi connectivity index (χ0v) is 10.6.